The van der Waals surface area contributed by atoms with E-state index in [2.05, 4.69) is 17.1 Å². The largest absolute Gasteiger partial charge is 0.344 e. The molecule has 2 atom stereocenters. The van der Waals surface area contributed by atoms with Gasteiger partial charge in [0.1, 0.15) is 0 Å². The van der Waals surface area contributed by atoms with E-state index < -0.39 is 0 Å². The van der Waals surface area contributed by atoms with Crippen molar-refractivity contribution in [1.29, 1.82) is 0 Å². The Labute approximate surface area is 104 Å². The Bertz CT molecular complexity index is 263. The molecule has 1 N–H and O–H groups in total. The average Bonchev–Trinajstić information content (AvgIpc) is 2.62. The first-order valence-corrected chi connectivity index (χ1v) is 6.90. The van der Waals surface area contributed by atoms with Crippen LogP contribution in [0.15, 0.2) is 0 Å². The number of likely N-dealkylation sites (tertiary alicyclic amines) is 2. The Kier molecular flexibility index (Phi) is 4.40. The molecule has 2 aliphatic heterocycles. The first-order chi connectivity index (χ1) is 8.16. The van der Waals surface area contributed by atoms with Gasteiger partial charge in [-0.25, -0.2) is 0 Å². The predicted octanol–water partition coefficient (Wildman–Crippen LogP) is 0.681. The van der Waals surface area contributed by atoms with Gasteiger partial charge in [-0.05, 0) is 39.3 Å². The highest BCUT2D eigenvalue weighted by Crippen LogP contribution is 2.11. The SMILES string of the molecule is CC(CN1CCCCC1)NC1CCN(C)C1=O. The highest BCUT2D eigenvalue weighted by Gasteiger charge is 2.30. The first kappa shape index (κ1) is 12.8. The van der Waals surface area contributed by atoms with Crippen LogP contribution in [0, 0.1) is 0 Å². The summed E-state index contributed by atoms with van der Waals surface area (Å²) < 4.78 is 0. The van der Waals surface area contributed by atoms with Crippen molar-refractivity contribution in [1.82, 2.24) is 15.1 Å². The second-order valence-corrected chi connectivity index (χ2v) is 5.53. The van der Waals surface area contributed by atoms with E-state index >= 15 is 0 Å². The van der Waals surface area contributed by atoms with Crippen molar-refractivity contribution in [2.24, 2.45) is 0 Å². The summed E-state index contributed by atoms with van der Waals surface area (Å²) in [6.07, 6.45) is 5.00. The molecule has 4 heteroatoms. The summed E-state index contributed by atoms with van der Waals surface area (Å²) in [5.74, 6) is 0.260. The highest BCUT2D eigenvalue weighted by molar-refractivity contribution is 5.83. The molecular weight excluding hydrogens is 214 g/mol. The number of hydrogen-bond acceptors (Lipinski definition) is 3. The molecule has 4 nitrogen and oxygen atoms in total. The van der Waals surface area contributed by atoms with Gasteiger partial charge in [-0.1, -0.05) is 6.42 Å². The van der Waals surface area contributed by atoms with E-state index in [0.29, 0.717) is 6.04 Å². The van der Waals surface area contributed by atoms with Crippen LogP contribution in [0.4, 0.5) is 0 Å². The van der Waals surface area contributed by atoms with Crippen molar-refractivity contribution >= 4 is 5.91 Å². The van der Waals surface area contributed by atoms with E-state index in [9.17, 15) is 4.79 Å². The van der Waals surface area contributed by atoms with Crippen molar-refractivity contribution < 1.29 is 4.79 Å². The van der Waals surface area contributed by atoms with Crippen molar-refractivity contribution in [2.45, 2.75) is 44.7 Å². The van der Waals surface area contributed by atoms with E-state index in [1.54, 1.807) is 0 Å². The van der Waals surface area contributed by atoms with Crippen LogP contribution in [0.3, 0.4) is 0 Å². The molecule has 0 bridgehead atoms. The van der Waals surface area contributed by atoms with Gasteiger partial charge in [-0.2, -0.15) is 0 Å². The van der Waals surface area contributed by atoms with Crippen LogP contribution < -0.4 is 5.32 Å². The number of amides is 1. The summed E-state index contributed by atoms with van der Waals surface area (Å²) in [4.78, 5) is 16.1. The maximum absolute atomic E-state index is 11.8. The third-order valence-corrected chi connectivity index (χ3v) is 3.89. The topological polar surface area (TPSA) is 35.6 Å². The van der Waals surface area contributed by atoms with Crippen LogP contribution in [0.2, 0.25) is 0 Å². The molecule has 0 radical (unpaired) electrons. The Morgan fingerprint density at radius 3 is 2.59 bits per heavy atom. The van der Waals surface area contributed by atoms with Gasteiger partial charge in [0.25, 0.3) is 0 Å². The predicted molar refractivity (Wildman–Crippen MR) is 68.9 cm³/mol. The van der Waals surface area contributed by atoms with Gasteiger partial charge in [0.05, 0.1) is 6.04 Å². The Hall–Kier alpha value is -0.610. The molecule has 0 aliphatic carbocycles. The second-order valence-electron chi connectivity index (χ2n) is 5.53. The fourth-order valence-corrected chi connectivity index (χ4v) is 2.90. The van der Waals surface area contributed by atoms with Gasteiger partial charge >= 0.3 is 0 Å². The van der Waals surface area contributed by atoms with Gasteiger partial charge in [-0.3, -0.25) is 4.79 Å². The lowest BCUT2D eigenvalue weighted by molar-refractivity contribution is -0.128. The summed E-state index contributed by atoms with van der Waals surface area (Å²) in [5.41, 5.74) is 0. The molecule has 0 aromatic heterocycles. The number of carbonyl (C=O) groups excluding carboxylic acids is 1. The van der Waals surface area contributed by atoms with Gasteiger partial charge < -0.3 is 15.1 Å². The Morgan fingerprint density at radius 2 is 2.00 bits per heavy atom. The third kappa shape index (κ3) is 3.42. The summed E-state index contributed by atoms with van der Waals surface area (Å²) in [7, 11) is 1.89. The second kappa shape index (κ2) is 5.83. The van der Waals surface area contributed by atoms with Crippen LogP contribution in [-0.2, 0) is 4.79 Å². The summed E-state index contributed by atoms with van der Waals surface area (Å²) in [6.45, 7) is 6.62. The lowest BCUT2D eigenvalue weighted by Crippen LogP contribution is -2.47. The Morgan fingerprint density at radius 1 is 1.29 bits per heavy atom. The molecular formula is C13H25N3O. The minimum atomic E-state index is 0.0554. The van der Waals surface area contributed by atoms with Crippen molar-refractivity contribution in [2.75, 3.05) is 33.2 Å². The van der Waals surface area contributed by atoms with Crippen LogP contribution in [-0.4, -0.2) is 61.0 Å². The number of rotatable bonds is 4. The number of hydrogen-bond donors (Lipinski definition) is 1. The average molecular weight is 239 g/mol. The number of nitrogens with zero attached hydrogens (tertiary/aromatic N) is 2. The molecule has 2 unspecified atom stereocenters. The monoisotopic (exact) mass is 239 g/mol. The van der Waals surface area contributed by atoms with Crippen LogP contribution in [0.5, 0.6) is 0 Å². The van der Waals surface area contributed by atoms with Crippen LogP contribution in [0.1, 0.15) is 32.6 Å². The maximum Gasteiger partial charge on any atom is 0.239 e. The highest BCUT2D eigenvalue weighted by atomic mass is 16.2. The molecule has 2 rings (SSSR count). The maximum atomic E-state index is 11.8. The van der Waals surface area contributed by atoms with Crippen molar-refractivity contribution in [3.05, 3.63) is 0 Å². The summed E-state index contributed by atoms with van der Waals surface area (Å²) >= 11 is 0. The quantitative estimate of drug-likeness (QED) is 0.784. The van der Waals surface area contributed by atoms with Crippen LogP contribution >= 0.6 is 0 Å². The van der Waals surface area contributed by atoms with E-state index in [-0.39, 0.29) is 11.9 Å². The number of piperidine rings is 1. The lowest BCUT2D eigenvalue weighted by Gasteiger charge is -2.30. The summed E-state index contributed by atoms with van der Waals surface area (Å²) in [6, 6.07) is 0.466. The zero-order valence-electron chi connectivity index (χ0n) is 11.1. The minimum absolute atomic E-state index is 0.0554. The molecule has 17 heavy (non-hydrogen) atoms. The zero-order chi connectivity index (χ0) is 12.3. The fourth-order valence-electron chi connectivity index (χ4n) is 2.90. The van der Waals surface area contributed by atoms with Crippen molar-refractivity contribution in [3.63, 3.8) is 0 Å². The smallest absolute Gasteiger partial charge is 0.239 e. The normalized spacial score (nSPS) is 28.7. The number of likely N-dealkylation sites (N-methyl/N-ethyl adjacent to an activating group) is 1. The molecule has 1 amide bonds. The van der Waals surface area contributed by atoms with Gasteiger partial charge in [-0.15, -0.1) is 0 Å². The number of carbonyl (C=O) groups is 1. The third-order valence-electron chi connectivity index (χ3n) is 3.89. The molecule has 2 saturated heterocycles. The summed E-state index contributed by atoms with van der Waals surface area (Å²) in [5, 5.41) is 3.47. The molecule has 0 aromatic rings. The van der Waals surface area contributed by atoms with Crippen LogP contribution in [0.25, 0.3) is 0 Å². The molecule has 2 heterocycles. The van der Waals surface area contributed by atoms with Gasteiger partial charge in [0, 0.05) is 26.2 Å². The van der Waals surface area contributed by atoms with Gasteiger partial charge in [0.2, 0.25) is 5.91 Å². The molecule has 2 aliphatic rings. The van der Waals surface area contributed by atoms with E-state index in [1.165, 1.54) is 32.4 Å². The standard InChI is InChI=1S/C13H25N3O/c1-11(10-16-7-4-3-5-8-16)14-12-6-9-15(2)13(12)17/h11-12,14H,3-10H2,1-2H3. The zero-order valence-corrected chi connectivity index (χ0v) is 11.1. The minimum Gasteiger partial charge on any atom is -0.344 e. The first-order valence-electron chi connectivity index (χ1n) is 6.90. The van der Waals surface area contributed by atoms with E-state index in [0.717, 1.165) is 19.5 Å². The molecule has 0 spiro atoms. The van der Waals surface area contributed by atoms with Crippen molar-refractivity contribution in [3.8, 4) is 0 Å². The lowest BCUT2D eigenvalue weighted by atomic mass is 10.1. The molecule has 0 saturated carbocycles. The Balaban J connectivity index is 1.73. The van der Waals surface area contributed by atoms with E-state index in [4.69, 9.17) is 0 Å². The fraction of sp³-hybridized carbons (Fsp3) is 0.923. The van der Waals surface area contributed by atoms with E-state index in [1.807, 2.05) is 11.9 Å². The van der Waals surface area contributed by atoms with Gasteiger partial charge in [0.15, 0.2) is 0 Å². The molecule has 98 valence electrons. The molecule has 0 aromatic carbocycles. The molecule has 2 fully saturated rings. The number of nitrogens with one attached hydrogen (secondary N) is 1.